The van der Waals surface area contributed by atoms with Gasteiger partial charge in [0.1, 0.15) is 5.54 Å². The molecule has 2 atom stereocenters. The zero-order chi connectivity index (χ0) is 11.9. The summed E-state index contributed by atoms with van der Waals surface area (Å²) in [6.07, 6.45) is -0.209. The molecule has 0 aromatic heterocycles. The lowest BCUT2D eigenvalue weighted by Crippen LogP contribution is -2.51. The van der Waals surface area contributed by atoms with Crippen LogP contribution in [0.25, 0.3) is 0 Å². The van der Waals surface area contributed by atoms with Gasteiger partial charge < -0.3 is 14.9 Å². The summed E-state index contributed by atoms with van der Waals surface area (Å²) in [7, 11) is 0. The fourth-order valence-corrected chi connectivity index (χ4v) is 1.01. The van der Waals surface area contributed by atoms with Gasteiger partial charge in [0.25, 0.3) is 0 Å². The van der Waals surface area contributed by atoms with Crippen molar-refractivity contribution in [3.05, 3.63) is 0 Å². The quantitative estimate of drug-likeness (QED) is 0.544. The van der Waals surface area contributed by atoms with Crippen LogP contribution in [-0.4, -0.2) is 47.6 Å². The van der Waals surface area contributed by atoms with E-state index in [1.54, 1.807) is 13.8 Å². The molecule has 0 aliphatic heterocycles. The van der Waals surface area contributed by atoms with Gasteiger partial charge in [0.05, 0.1) is 12.7 Å². The highest BCUT2D eigenvalue weighted by atomic mass is 16.5. The Morgan fingerprint density at radius 3 is 2.53 bits per heavy atom. The van der Waals surface area contributed by atoms with E-state index in [1.165, 1.54) is 0 Å². The maximum Gasteiger partial charge on any atom is 0.323 e. The molecule has 5 heteroatoms. The van der Waals surface area contributed by atoms with E-state index in [4.69, 9.17) is 9.84 Å². The number of hydrogen-bond donors (Lipinski definition) is 3. The molecule has 0 aromatic carbocycles. The number of β-amino-alcohol motifs (C(OH)–C–C–N with tert-alkyl or cyclic N) is 1. The number of nitrogens with one attached hydrogen (secondary N) is 1. The van der Waals surface area contributed by atoms with E-state index in [2.05, 4.69) is 5.32 Å². The highest BCUT2D eigenvalue weighted by Crippen LogP contribution is 2.08. The molecule has 0 amide bonds. The molecule has 15 heavy (non-hydrogen) atoms. The predicted molar refractivity (Wildman–Crippen MR) is 56.8 cm³/mol. The lowest BCUT2D eigenvalue weighted by molar-refractivity contribution is -0.144. The molecule has 0 aromatic rings. The van der Waals surface area contributed by atoms with Gasteiger partial charge in [-0.1, -0.05) is 6.92 Å². The van der Waals surface area contributed by atoms with Crippen molar-refractivity contribution in [3.63, 3.8) is 0 Å². The molecule has 0 saturated carbocycles. The number of hydrogen-bond acceptors (Lipinski definition) is 4. The van der Waals surface area contributed by atoms with Crippen LogP contribution in [0.3, 0.4) is 0 Å². The van der Waals surface area contributed by atoms with Crippen molar-refractivity contribution in [3.8, 4) is 0 Å². The second kappa shape index (κ2) is 6.76. The van der Waals surface area contributed by atoms with Crippen LogP contribution in [-0.2, 0) is 9.53 Å². The molecule has 0 fully saturated rings. The van der Waals surface area contributed by atoms with E-state index in [0.717, 1.165) is 0 Å². The third-order valence-electron chi connectivity index (χ3n) is 2.42. The van der Waals surface area contributed by atoms with Crippen molar-refractivity contribution in [2.45, 2.75) is 38.8 Å². The number of aliphatic hydroxyl groups is 1. The standard InChI is InChI=1S/C10H21NO4/c1-4-10(3,9(13)14)11-6-8(12)7-15-5-2/h8,11-12H,4-7H2,1-3H3,(H,13,14). The predicted octanol–water partition coefficient (Wildman–Crippen LogP) is 0.227. The summed E-state index contributed by atoms with van der Waals surface area (Å²) in [5.74, 6) is -0.909. The number of aliphatic hydroxyl groups excluding tert-OH is 1. The third kappa shape index (κ3) is 5.11. The second-order valence-corrected chi connectivity index (χ2v) is 3.69. The number of ether oxygens (including phenoxy) is 1. The van der Waals surface area contributed by atoms with E-state index in [9.17, 15) is 9.90 Å². The van der Waals surface area contributed by atoms with Gasteiger partial charge in [0, 0.05) is 13.2 Å². The van der Waals surface area contributed by atoms with Gasteiger partial charge in [-0.25, -0.2) is 0 Å². The Labute approximate surface area is 90.4 Å². The fourth-order valence-electron chi connectivity index (χ4n) is 1.01. The minimum absolute atomic E-state index is 0.219. The molecule has 0 radical (unpaired) electrons. The summed E-state index contributed by atoms with van der Waals surface area (Å²) in [5.41, 5.74) is -0.979. The van der Waals surface area contributed by atoms with Crippen molar-refractivity contribution in [1.82, 2.24) is 5.32 Å². The van der Waals surface area contributed by atoms with Gasteiger partial charge in [-0.05, 0) is 20.3 Å². The first-order valence-electron chi connectivity index (χ1n) is 5.20. The van der Waals surface area contributed by atoms with Gasteiger partial charge in [-0.15, -0.1) is 0 Å². The summed E-state index contributed by atoms with van der Waals surface area (Å²) >= 11 is 0. The minimum Gasteiger partial charge on any atom is -0.480 e. The van der Waals surface area contributed by atoms with E-state index < -0.39 is 17.6 Å². The molecule has 0 spiro atoms. The van der Waals surface area contributed by atoms with Crippen LogP contribution in [0, 0.1) is 0 Å². The third-order valence-corrected chi connectivity index (χ3v) is 2.42. The van der Waals surface area contributed by atoms with Crippen LogP contribution in [0.2, 0.25) is 0 Å². The molecular weight excluding hydrogens is 198 g/mol. The van der Waals surface area contributed by atoms with E-state index in [0.29, 0.717) is 13.0 Å². The number of carbonyl (C=O) groups is 1. The first kappa shape index (κ1) is 14.3. The largest absolute Gasteiger partial charge is 0.480 e. The molecule has 0 bridgehead atoms. The summed E-state index contributed by atoms with van der Waals surface area (Å²) in [6, 6.07) is 0. The average molecular weight is 219 g/mol. The first-order chi connectivity index (χ1) is 6.96. The van der Waals surface area contributed by atoms with Crippen molar-refractivity contribution in [1.29, 1.82) is 0 Å². The second-order valence-electron chi connectivity index (χ2n) is 3.69. The van der Waals surface area contributed by atoms with Crippen LogP contribution < -0.4 is 5.32 Å². The maximum atomic E-state index is 10.9. The Morgan fingerprint density at radius 1 is 1.53 bits per heavy atom. The number of aliphatic carboxylic acids is 1. The Balaban J connectivity index is 3.95. The Bertz CT molecular complexity index is 198. The monoisotopic (exact) mass is 219 g/mol. The topological polar surface area (TPSA) is 78.8 Å². The van der Waals surface area contributed by atoms with Crippen LogP contribution in [0.5, 0.6) is 0 Å². The van der Waals surface area contributed by atoms with Crippen LogP contribution in [0.15, 0.2) is 0 Å². The van der Waals surface area contributed by atoms with Gasteiger partial charge >= 0.3 is 5.97 Å². The van der Waals surface area contributed by atoms with Crippen LogP contribution in [0.4, 0.5) is 0 Å². The summed E-state index contributed by atoms with van der Waals surface area (Å²) in [4.78, 5) is 10.9. The molecule has 0 saturated heterocycles. The number of rotatable bonds is 8. The molecule has 0 rings (SSSR count). The molecular formula is C10H21NO4. The zero-order valence-electron chi connectivity index (χ0n) is 9.62. The molecule has 3 N–H and O–H groups in total. The van der Waals surface area contributed by atoms with Crippen molar-refractivity contribution in [2.75, 3.05) is 19.8 Å². The summed E-state index contributed by atoms with van der Waals surface area (Å²) in [6.45, 7) is 6.22. The van der Waals surface area contributed by atoms with Gasteiger partial charge in [0.15, 0.2) is 0 Å². The maximum absolute atomic E-state index is 10.9. The van der Waals surface area contributed by atoms with E-state index in [-0.39, 0.29) is 13.2 Å². The number of carboxylic acid groups (broad SMARTS) is 1. The summed E-state index contributed by atoms with van der Waals surface area (Å²) < 4.78 is 5.02. The normalized spacial score (nSPS) is 17.1. The molecule has 0 heterocycles. The first-order valence-corrected chi connectivity index (χ1v) is 5.20. The smallest absolute Gasteiger partial charge is 0.323 e. The highest BCUT2D eigenvalue weighted by Gasteiger charge is 2.30. The van der Waals surface area contributed by atoms with Crippen LogP contribution in [0.1, 0.15) is 27.2 Å². The van der Waals surface area contributed by atoms with E-state index in [1.807, 2.05) is 6.92 Å². The Morgan fingerprint density at radius 2 is 2.13 bits per heavy atom. The highest BCUT2D eigenvalue weighted by molar-refractivity contribution is 5.78. The average Bonchev–Trinajstić information content (AvgIpc) is 2.22. The lowest BCUT2D eigenvalue weighted by atomic mass is 9.99. The van der Waals surface area contributed by atoms with Gasteiger partial charge in [-0.2, -0.15) is 0 Å². The van der Waals surface area contributed by atoms with E-state index >= 15 is 0 Å². The van der Waals surface area contributed by atoms with Gasteiger partial charge in [-0.3, -0.25) is 10.1 Å². The SMILES string of the molecule is CCOCC(O)CNC(C)(CC)C(=O)O. The molecule has 0 aliphatic rings. The molecule has 5 nitrogen and oxygen atoms in total. The number of carboxylic acids is 1. The molecule has 0 aliphatic carbocycles. The van der Waals surface area contributed by atoms with Crippen molar-refractivity contribution in [2.24, 2.45) is 0 Å². The van der Waals surface area contributed by atoms with Crippen LogP contribution >= 0.6 is 0 Å². The Hall–Kier alpha value is -0.650. The lowest BCUT2D eigenvalue weighted by Gasteiger charge is -2.26. The minimum atomic E-state index is -0.979. The van der Waals surface area contributed by atoms with Gasteiger partial charge in [0.2, 0.25) is 0 Å². The summed E-state index contributed by atoms with van der Waals surface area (Å²) in [5, 5.41) is 21.2. The molecule has 90 valence electrons. The van der Waals surface area contributed by atoms with Crippen molar-refractivity contribution < 1.29 is 19.7 Å². The zero-order valence-corrected chi connectivity index (χ0v) is 9.62. The Kier molecular flexibility index (Phi) is 6.47. The van der Waals surface area contributed by atoms with Crippen molar-refractivity contribution >= 4 is 5.97 Å². The fraction of sp³-hybridized carbons (Fsp3) is 0.900. The molecule has 2 unspecified atom stereocenters.